The molecule has 0 aliphatic carbocycles. The Morgan fingerprint density at radius 1 is 1.29 bits per heavy atom. The number of carboxylic acid groups (broad SMARTS) is 1. The van der Waals surface area contributed by atoms with Gasteiger partial charge in [0.1, 0.15) is 5.75 Å². The van der Waals surface area contributed by atoms with E-state index in [-0.39, 0.29) is 25.0 Å². The number of amides is 1. The van der Waals surface area contributed by atoms with Gasteiger partial charge in [-0.05, 0) is 37.0 Å². The zero-order chi connectivity index (χ0) is 15.8. The molecule has 1 unspecified atom stereocenters. The first-order valence-corrected chi connectivity index (χ1v) is 7.12. The van der Waals surface area contributed by atoms with Crippen molar-refractivity contribution in [3.05, 3.63) is 29.8 Å². The molecule has 0 saturated carbocycles. The minimum Gasteiger partial charge on any atom is -0.484 e. The van der Waals surface area contributed by atoms with Crippen molar-refractivity contribution in [3.63, 3.8) is 0 Å². The Hall–Kier alpha value is -2.04. The zero-order valence-electron chi connectivity index (χ0n) is 12.8. The van der Waals surface area contributed by atoms with E-state index in [1.807, 2.05) is 24.3 Å². The number of carbonyl (C=O) groups excluding carboxylic acids is 1. The van der Waals surface area contributed by atoms with E-state index in [4.69, 9.17) is 9.84 Å². The molecule has 1 amide bonds. The van der Waals surface area contributed by atoms with Gasteiger partial charge in [0, 0.05) is 12.5 Å². The summed E-state index contributed by atoms with van der Waals surface area (Å²) in [4.78, 5) is 22.2. The van der Waals surface area contributed by atoms with E-state index >= 15 is 0 Å². The first kappa shape index (κ1) is 17.0. The van der Waals surface area contributed by atoms with Crippen LogP contribution >= 0.6 is 0 Å². The highest BCUT2D eigenvalue weighted by Crippen LogP contribution is 2.19. The average Bonchev–Trinajstić information content (AvgIpc) is 2.43. The molecule has 0 saturated heterocycles. The van der Waals surface area contributed by atoms with Gasteiger partial charge < -0.3 is 15.2 Å². The second-order valence-electron chi connectivity index (χ2n) is 5.42. The maximum atomic E-state index is 11.7. The monoisotopic (exact) mass is 293 g/mol. The standard InChI is InChI=1S/C16H23NO4/c1-11(2)13-5-4-6-14(9-13)21-10-15(18)17-12(3)7-8-16(19)20/h4-6,9,11-12H,7-8,10H2,1-3H3,(H,17,18)(H,19,20). The molecule has 0 spiro atoms. The number of hydrogen-bond donors (Lipinski definition) is 2. The van der Waals surface area contributed by atoms with E-state index in [0.29, 0.717) is 18.1 Å². The summed E-state index contributed by atoms with van der Waals surface area (Å²) in [6, 6.07) is 7.47. The number of carbonyl (C=O) groups is 2. The normalized spacial score (nSPS) is 12.0. The first-order valence-electron chi connectivity index (χ1n) is 7.12. The molecule has 5 heteroatoms. The molecule has 1 rings (SSSR count). The maximum absolute atomic E-state index is 11.7. The number of benzene rings is 1. The maximum Gasteiger partial charge on any atom is 0.303 e. The van der Waals surface area contributed by atoms with Crippen molar-refractivity contribution in [1.82, 2.24) is 5.32 Å². The summed E-state index contributed by atoms with van der Waals surface area (Å²) < 4.78 is 5.46. The van der Waals surface area contributed by atoms with E-state index in [2.05, 4.69) is 19.2 Å². The van der Waals surface area contributed by atoms with Crippen molar-refractivity contribution in [2.24, 2.45) is 0 Å². The Morgan fingerprint density at radius 3 is 2.62 bits per heavy atom. The first-order chi connectivity index (χ1) is 9.88. The quantitative estimate of drug-likeness (QED) is 0.772. The lowest BCUT2D eigenvalue weighted by Gasteiger charge is -2.14. The van der Waals surface area contributed by atoms with E-state index in [9.17, 15) is 9.59 Å². The van der Waals surface area contributed by atoms with Gasteiger partial charge in [-0.3, -0.25) is 9.59 Å². The van der Waals surface area contributed by atoms with Crippen LogP contribution in [0.1, 0.15) is 45.1 Å². The summed E-state index contributed by atoms with van der Waals surface area (Å²) in [5, 5.41) is 11.3. The minimum atomic E-state index is -0.863. The fourth-order valence-electron chi connectivity index (χ4n) is 1.84. The molecule has 5 nitrogen and oxygen atoms in total. The van der Waals surface area contributed by atoms with Gasteiger partial charge in [-0.2, -0.15) is 0 Å². The lowest BCUT2D eigenvalue weighted by molar-refractivity contribution is -0.137. The summed E-state index contributed by atoms with van der Waals surface area (Å²) in [5.74, 6) is -0.0476. The molecular formula is C16H23NO4. The fraction of sp³-hybridized carbons (Fsp3) is 0.500. The van der Waals surface area contributed by atoms with Gasteiger partial charge in [0.25, 0.3) is 5.91 Å². The van der Waals surface area contributed by atoms with Crippen LogP contribution in [0.5, 0.6) is 5.75 Å². The highest BCUT2D eigenvalue weighted by atomic mass is 16.5. The summed E-state index contributed by atoms with van der Waals surface area (Å²) in [6.45, 7) is 5.89. The molecule has 116 valence electrons. The summed E-state index contributed by atoms with van der Waals surface area (Å²) in [7, 11) is 0. The molecule has 0 aromatic heterocycles. The van der Waals surface area contributed by atoms with Gasteiger partial charge in [0.05, 0.1) is 0 Å². The summed E-state index contributed by atoms with van der Waals surface area (Å²) >= 11 is 0. The molecule has 21 heavy (non-hydrogen) atoms. The van der Waals surface area contributed by atoms with Gasteiger partial charge in [0.2, 0.25) is 0 Å². The number of ether oxygens (including phenoxy) is 1. The molecular weight excluding hydrogens is 270 g/mol. The topological polar surface area (TPSA) is 75.6 Å². The lowest BCUT2D eigenvalue weighted by atomic mass is 10.0. The molecule has 1 aromatic rings. The molecule has 0 fully saturated rings. The highest BCUT2D eigenvalue weighted by Gasteiger charge is 2.10. The van der Waals surface area contributed by atoms with Crippen LogP contribution in [0.4, 0.5) is 0 Å². The smallest absolute Gasteiger partial charge is 0.303 e. The van der Waals surface area contributed by atoms with Crippen molar-refractivity contribution in [2.75, 3.05) is 6.61 Å². The number of rotatable bonds is 8. The summed E-state index contributed by atoms with van der Waals surface area (Å²) in [5.41, 5.74) is 1.16. The van der Waals surface area contributed by atoms with Crippen molar-refractivity contribution in [3.8, 4) is 5.75 Å². The van der Waals surface area contributed by atoms with Crippen LogP contribution < -0.4 is 10.1 Å². The van der Waals surface area contributed by atoms with Crippen molar-refractivity contribution >= 4 is 11.9 Å². The predicted molar refractivity (Wildman–Crippen MR) is 80.5 cm³/mol. The zero-order valence-corrected chi connectivity index (χ0v) is 12.8. The van der Waals surface area contributed by atoms with E-state index in [1.54, 1.807) is 6.92 Å². The second kappa shape index (κ2) is 8.29. The molecule has 0 heterocycles. The van der Waals surface area contributed by atoms with Crippen LogP contribution in [0.3, 0.4) is 0 Å². The van der Waals surface area contributed by atoms with Gasteiger partial charge in [-0.25, -0.2) is 0 Å². The molecule has 0 radical (unpaired) electrons. The molecule has 2 N–H and O–H groups in total. The van der Waals surface area contributed by atoms with Crippen molar-refractivity contribution in [1.29, 1.82) is 0 Å². The third-order valence-corrected chi connectivity index (χ3v) is 3.09. The molecule has 1 atom stereocenters. The largest absolute Gasteiger partial charge is 0.484 e. The fourth-order valence-corrected chi connectivity index (χ4v) is 1.84. The second-order valence-corrected chi connectivity index (χ2v) is 5.42. The van der Waals surface area contributed by atoms with Gasteiger partial charge in [0.15, 0.2) is 6.61 Å². The van der Waals surface area contributed by atoms with Crippen LogP contribution in [0.15, 0.2) is 24.3 Å². The van der Waals surface area contributed by atoms with E-state index < -0.39 is 5.97 Å². The number of hydrogen-bond acceptors (Lipinski definition) is 3. The van der Waals surface area contributed by atoms with Crippen LogP contribution in [-0.2, 0) is 9.59 Å². The molecule has 0 aliphatic heterocycles. The molecule has 0 bridgehead atoms. The Labute approximate surface area is 125 Å². The van der Waals surface area contributed by atoms with Crippen LogP contribution in [0.25, 0.3) is 0 Å². The molecule has 0 aliphatic rings. The lowest BCUT2D eigenvalue weighted by Crippen LogP contribution is -2.36. The Morgan fingerprint density at radius 2 is 2.00 bits per heavy atom. The third-order valence-electron chi connectivity index (χ3n) is 3.09. The SMILES string of the molecule is CC(CCC(=O)O)NC(=O)COc1cccc(C(C)C)c1. The Balaban J connectivity index is 2.39. The number of aliphatic carboxylic acids is 1. The Kier molecular flexibility index (Phi) is 6.72. The average molecular weight is 293 g/mol. The van der Waals surface area contributed by atoms with Crippen molar-refractivity contribution in [2.45, 2.75) is 45.6 Å². The van der Waals surface area contributed by atoms with Gasteiger partial charge >= 0.3 is 5.97 Å². The van der Waals surface area contributed by atoms with Gasteiger partial charge in [-0.15, -0.1) is 0 Å². The number of nitrogens with one attached hydrogen (secondary N) is 1. The van der Waals surface area contributed by atoms with E-state index in [0.717, 1.165) is 5.56 Å². The third kappa shape index (κ3) is 6.79. The Bertz CT molecular complexity index is 485. The van der Waals surface area contributed by atoms with Crippen LogP contribution in [0.2, 0.25) is 0 Å². The van der Waals surface area contributed by atoms with Crippen molar-refractivity contribution < 1.29 is 19.4 Å². The van der Waals surface area contributed by atoms with Crippen LogP contribution in [0, 0.1) is 0 Å². The van der Waals surface area contributed by atoms with Gasteiger partial charge in [-0.1, -0.05) is 26.0 Å². The highest BCUT2D eigenvalue weighted by molar-refractivity contribution is 5.77. The minimum absolute atomic E-state index is 0.0404. The summed E-state index contributed by atoms with van der Waals surface area (Å²) in [6.07, 6.45) is 0.447. The number of carboxylic acids is 1. The van der Waals surface area contributed by atoms with Crippen LogP contribution in [-0.4, -0.2) is 29.6 Å². The van der Waals surface area contributed by atoms with E-state index in [1.165, 1.54) is 0 Å². The molecule has 1 aromatic carbocycles. The predicted octanol–water partition coefficient (Wildman–Crippen LogP) is 2.56.